The van der Waals surface area contributed by atoms with Crippen LogP contribution in [0.15, 0.2) is 22.5 Å². The van der Waals surface area contributed by atoms with Gasteiger partial charge in [0, 0.05) is 15.9 Å². The van der Waals surface area contributed by atoms with E-state index in [1.54, 1.807) is 6.07 Å². The molecule has 2 N–H and O–H groups in total. The van der Waals surface area contributed by atoms with Gasteiger partial charge in [-0.1, -0.05) is 22.5 Å². The van der Waals surface area contributed by atoms with Crippen LogP contribution < -0.4 is 5.32 Å². The smallest absolute Gasteiger partial charge is 0.331 e. The summed E-state index contributed by atoms with van der Waals surface area (Å²) in [6, 6.07) is 0.491. The lowest BCUT2D eigenvalue weighted by Gasteiger charge is -2.33. The fourth-order valence-corrected chi connectivity index (χ4v) is 3.12. The fourth-order valence-electron chi connectivity index (χ4n) is 2.07. The highest BCUT2D eigenvalue weighted by molar-refractivity contribution is 9.11. The molecule has 1 aromatic rings. The van der Waals surface area contributed by atoms with Gasteiger partial charge in [0.25, 0.3) is 0 Å². The maximum atomic E-state index is 12.0. The van der Waals surface area contributed by atoms with Crippen LogP contribution >= 0.6 is 27.3 Å². The number of aliphatic carboxylic acids is 1. The predicted octanol–water partition coefficient (Wildman–Crippen LogP) is 2.35. The molecule has 0 fully saturated rings. The summed E-state index contributed by atoms with van der Waals surface area (Å²) < 4.78 is 0.640. The molecule has 0 saturated carbocycles. The highest BCUT2D eigenvalue weighted by Crippen LogP contribution is 2.33. The third-order valence-electron chi connectivity index (χ3n) is 2.89. The molecule has 1 aliphatic heterocycles. The van der Waals surface area contributed by atoms with Gasteiger partial charge in [-0.25, -0.2) is 9.59 Å². The zero-order valence-corrected chi connectivity index (χ0v) is 12.5. The van der Waals surface area contributed by atoms with Crippen LogP contribution in [0.3, 0.4) is 0 Å². The van der Waals surface area contributed by atoms with Crippen LogP contribution in [0.4, 0.5) is 4.79 Å². The van der Waals surface area contributed by atoms with Gasteiger partial charge in [-0.2, -0.15) is 0 Å². The number of thiophene rings is 1. The molecular formula is C12H13BrN2O3S. The van der Waals surface area contributed by atoms with Crippen molar-refractivity contribution in [2.45, 2.75) is 12.5 Å². The number of halogens is 1. The Morgan fingerprint density at radius 2 is 2.37 bits per heavy atom. The molecule has 2 rings (SSSR count). The Morgan fingerprint density at radius 3 is 3.00 bits per heavy atom. The van der Waals surface area contributed by atoms with Crippen molar-refractivity contribution in [2.75, 3.05) is 13.1 Å². The number of carbonyl (C=O) groups excluding carboxylic acids is 1. The van der Waals surface area contributed by atoms with Crippen molar-refractivity contribution >= 4 is 39.3 Å². The zero-order chi connectivity index (χ0) is 14.0. The Hall–Kier alpha value is -1.34. The number of fused-ring (bicyclic) bond motifs is 1. The van der Waals surface area contributed by atoms with Gasteiger partial charge in [0.15, 0.2) is 6.04 Å². The van der Waals surface area contributed by atoms with Crippen LogP contribution in [0, 0.1) is 0 Å². The second kappa shape index (κ2) is 5.75. The number of nitrogens with zero attached hydrogens (tertiary/aromatic N) is 1. The lowest BCUT2D eigenvalue weighted by molar-refractivity contribution is -0.142. The fraction of sp³-hybridized carbons (Fsp3) is 0.333. The molecule has 1 aromatic heterocycles. The molecule has 2 heterocycles. The van der Waals surface area contributed by atoms with E-state index in [-0.39, 0.29) is 12.6 Å². The molecule has 1 aliphatic rings. The second-order valence-electron chi connectivity index (χ2n) is 4.16. The average Bonchev–Trinajstić information content (AvgIpc) is 2.82. The molecule has 5 nitrogen and oxygen atoms in total. The number of hydrogen-bond donors (Lipinski definition) is 2. The first-order valence-corrected chi connectivity index (χ1v) is 7.34. The van der Waals surface area contributed by atoms with Gasteiger partial charge in [0.1, 0.15) is 0 Å². The van der Waals surface area contributed by atoms with E-state index in [4.69, 9.17) is 0 Å². The van der Waals surface area contributed by atoms with E-state index < -0.39 is 12.0 Å². The Bertz CT molecular complexity index is 529. The highest BCUT2D eigenvalue weighted by Gasteiger charge is 2.36. The minimum absolute atomic E-state index is 0.276. The largest absolute Gasteiger partial charge is 0.479 e. The predicted molar refractivity (Wildman–Crippen MR) is 76.6 cm³/mol. The number of carbonyl (C=O) groups is 2. The number of hydrogen-bond acceptors (Lipinski definition) is 3. The number of carboxylic acids is 1. The van der Waals surface area contributed by atoms with Gasteiger partial charge < -0.3 is 15.3 Å². The van der Waals surface area contributed by atoms with Gasteiger partial charge in [0.2, 0.25) is 0 Å². The van der Waals surface area contributed by atoms with Crippen molar-refractivity contribution in [1.29, 1.82) is 0 Å². The Balaban J connectivity index is 2.19. The van der Waals surface area contributed by atoms with E-state index in [1.807, 2.05) is 5.38 Å². The first kappa shape index (κ1) is 14.1. The number of carboxylic acid groups (broad SMARTS) is 1. The number of rotatable bonds is 3. The molecule has 0 aromatic carbocycles. The normalized spacial score (nSPS) is 17.7. The van der Waals surface area contributed by atoms with E-state index in [0.29, 0.717) is 17.4 Å². The van der Waals surface area contributed by atoms with E-state index in [9.17, 15) is 14.7 Å². The Kier molecular flexibility index (Phi) is 4.26. The van der Waals surface area contributed by atoms with Crippen molar-refractivity contribution in [1.82, 2.24) is 10.2 Å². The lowest BCUT2D eigenvalue weighted by Crippen LogP contribution is -2.48. The third kappa shape index (κ3) is 2.98. The SMILES string of the molecule is C=C(Br)CNC(=O)N1CCc2sccc2C1C(=O)O. The first-order chi connectivity index (χ1) is 9.00. The summed E-state index contributed by atoms with van der Waals surface area (Å²) in [5.74, 6) is -1.01. The number of nitrogens with one attached hydrogen (secondary N) is 1. The number of urea groups is 1. The summed E-state index contributed by atoms with van der Waals surface area (Å²) in [5.41, 5.74) is 0.719. The van der Waals surface area contributed by atoms with Crippen molar-refractivity contribution < 1.29 is 14.7 Å². The van der Waals surface area contributed by atoms with Crippen molar-refractivity contribution in [3.05, 3.63) is 32.9 Å². The molecule has 0 saturated heterocycles. The quantitative estimate of drug-likeness (QED) is 0.884. The molecule has 19 heavy (non-hydrogen) atoms. The van der Waals surface area contributed by atoms with Gasteiger partial charge in [0.05, 0.1) is 6.54 Å². The lowest BCUT2D eigenvalue weighted by atomic mass is 10.0. The molecule has 7 heteroatoms. The van der Waals surface area contributed by atoms with Crippen LogP contribution in [-0.4, -0.2) is 35.1 Å². The summed E-state index contributed by atoms with van der Waals surface area (Å²) >= 11 is 4.68. The van der Waals surface area contributed by atoms with Crippen LogP contribution in [0.1, 0.15) is 16.5 Å². The monoisotopic (exact) mass is 344 g/mol. The van der Waals surface area contributed by atoms with Gasteiger partial charge in [-0.3, -0.25) is 0 Å². The minimum atomic E-state index is -1.01. The zero-order valence-electron chi connectivity index (χ0n) is 10.1. The van der Waals surface area contributed by atoms with Crippen molar-refractivity contribution in [3.8, 4) is 0 Å². The van der Waals surface area contributed by atoms with Crippen LogP contribution in [0.5, 0.6) is 0 Å². The van der Waals surface area contributed by atoms with Crippen molar-refractivity contribution in [2.24, 2.45) is 0 Å². The van der Waals surface area contributed by atoms with E-state index in [0.717, 1.165) is 10.4 Å². The molecule has 1 atom stereocenters. The van der Waals surface area contributed by atoms with E-state index in [2.05, 4.69) is 27.8 Å². The van der Waals surface area contributed by atoms with Gasteiger partial charge >= 0.3 is 12.0 Å². The number of amides is 2. The summed E-state index contributed by atoms with van der Waals surface area (Å²) in [5, 5.41) is 13.9. The maximum Gasteiger partial charge on any atom is 0.331 e. The maximum absolute atomic E-state index is 12.0. The van der Waals surface area contributed by atoms with E-state index >= 15 is 0 Å². The Morgan fingerprint density at radius 1 is 1.63 bits per heavy atom. The highest BCUT2D eigenvalue weighted by atomic mass is 79.9. The molecule has 102 valence electrons. The average molecular weight is 345 g/mol. The molecule has 1 unspecified atom stereocenters. The molecule has 0 bridgehead atoms. The molecule has 0 aliphatic carbocycles. The Labute approximate surface area is 123 Å². The van der Waals surface area contributed by atoms with Crippen LogP contribution in [-0.2, 0) is 11.2 Å². The van der Waals surface area contributed by atoms with Gasteiger partial charge in [-0.05, 0) is 23.4 Å². The summed E-state index contributed by atoms with van der Waals surface area (Å²) in [4.78, 5) is 25.9. The standard InChI is InChI=1S/C12H13BrN2O3S/c1-7(13)6-14-12(18)15-4-2-9-8(3-5-19-9)10(15)11(16)17/h3,5,10H,1-2,4,6H2,(H,14,18)(H,16,17). The summed E-state index contributed by atoms with van der Waals surface area (Å²) in [6.45, 7) is 4.31. The molecule has 0 spiro atoms. The van der Waals surface area contributed by atoms with Gasteiger partial charge in [-0.15, -0.1) is 11.3 Å². The minimum Gasteiger partial charge on any atom is -0.479 e. The van der Waals surface area contributed by atoms with Crippen LogP contribution in [0.25, 0.3) is 0 Å². The first-order valence-electron chi connectivity index (χ1n) is 5.67. The molecule has 0 radical (unpaired) electrons. The summed E-state index contributed by atoms with van der Waals surface area (Å²) in [6.07, 6.45) is 0.694. The second-order valence-corrected chi connectivity index (χ2v) is 6.28. The van der Waals surface area contributed by atoms with Crippen molar-refractivity contribution in [3.63, 3.8) is 0 Å². The summed E-state index contributed by atoms with van der Waals surface area (Å²) in [7, 11) is 0. The topological polar surface area (TPSA) is 69.6 Å². The molecule has 2 amide bonds. The third-order valence-corrected chi connectivity index (χ3v) is 4.17. The van der Waals surface area contributed by atoms with Crippen LogP contribution in [0.2, 0.25) is 0 Å². The van der Waals surface area contributed by atoms with E-state index in [1.165, 1.54) is 16.2 Å². The molecular weight excluding hydrogens is 332 g/mol.